The Labute approximate surface area is 158 Å². The van der Waals surface area contributed by atoms with E-state index in [1.54, 1.807) is 24.4 Å². The first-order valence-corrected chi connectivity index (χ1v) is 10.5. The minimum atomic E-state index is -3.46. The number of rotatable bonds is 7. The molecule has 1 aliphatic rings. The van der Waals surface area contributed by atoms with E-state index < -0.39 is 10.0 Å². The minimum Gasteiger partial charge on any atom is -0.486 e. The Morgan fingerprint density at radius 3 is 2.88 bits per heavy atom. The lowest BCUT2D eigenvalue weighted by Gasteiger charge is -2.22. The summed E-state index contributed by atoms with van der Waals surface area (Å²) in [7, 11) is -3.46. The average molecular weight is 397 g/mol. The van der Waals surface area contributed by atoms with Gasteiger partial charge in [-0.25, -0.2) is 8.42 Å². The molecule has 8 heteroatoms. The number of sulfonamides is 1. The largest absolute Gasteiger partial charge is 0.486 e. The first-order chi connectivity index (χ1) is 12.5. The SMILES string of the molecule is O=S(=O)(C[C@@H]1CCCOC1)Nc1ccc(OCc2ccccn2)c(Cl)c1. The molecule has 1 aromatic heterocycles. The van der Waals surface area contributed by atoms with Crippen LogP contribution in [-0.4, -0.2) is 32.4 Å². The topological polar surface area (TPSA) is 77.5 Å². The Balaban J connectivity index is 1.59. The Hall–Kier alpha value is -1.83. The van der Waals surface area contributed by atoms with Gasteiger partial charge in [0, 0.05) is 12.8 Å². The third-order valence-corrected chi connectivity index (χ3v) is 5.77. The fourth-order valence-corrected chi connectivity index (χ4v) is 4.47. The van der Waals surface area contributed by atoms with Gasteiger partial charge in [-0.05, 0) is 49.1 Å². The van der Waals surface area contributed by atoms with Crippen molar-refractivity contribution in [2.45, 2.75) is 19.4 Å². The van der Waals surface area contributed by atoms with Crippen LogP contribution in [0.1, 0.15) is 18.5 Å². The Morgan fingerprint density at radius 2 is 2.19 bits per heavy atom. The van der Waals surface area contributed by atoms with Crippen LogP contribution in [0.25, 0.3) is 0 Å². The second kappa shape index (κ2) is 8.70. The lowest BCUT2D eigenvalue weighted by atomic mass is 10.1. The lowest BCUT2D eigenvalue weighted by molar-refractivity contribution is 0.0626. The number of nitrogens with zero attached hydrogens (tertiary/aromatic N) is 1. The van der Waals surface area contributed by atoms with Crippen LogP contribution in [0.5, 0.6) is 5.75 Å². The number of ether oxygens (including phenoxy) is 2. The van der Waals surface area contributed by atoms with E-state index in [-0.39, 0.29) is 18.3 Å². The normalized spacial score (nSPS) is 17.7. The molecular formula is C18H21ClN2O4S. The zero-order valence-corrected chi connectivity index (χ0v) is 15.8. The van der Waals surface area contributed by atoms with Crippen LogP contribution in [0.15, 0.2) is 42.6 Å². The van der Waals surface area contributed by atoms with Crippen molar-refractivity contribution in [2.24, 2.45) is 5.92 Å². The van der Waals surface area contributed by atoms with E-state index in [1.165, 1.54) is 0 Å². The maximum Gasteiger partial charge on any atom is 0.233 e. The molecule has 6 nitrogen and oxygen atoms in total. The van der Waals surface area contributed by atoms with Gasteiger partial charge in [0.15, 0.2) is 0 Å². The molecule has 1 aliphatic heterocycles. The molecule has 1 atom stereocenters. The molecule has 0 bridgehead atoms. The summed E-state index contributed by atoms with van der Waals surface area (Å²) in [5, 5.41) is 0.335. The Bertz CT molecular complexity index is 824. The van der Waals surface area contributed by atoms with Crippen LogP contribution in [0.3, 0.4) is 0 Å². The lowest BCUT2D eigenvalue weighted by Crippen LogP contribution is -2.28. The van der Waals surface area contributed by atoms with E-state index in [0.717, 1.165) is 18.5 Å². The van der Waals surface area contributed by atoms with Gasteiger partial charge in [-0.1, -0.05) is 17.7 Å². The molecule has 2 aromatic rings. The van der Waals surface area contributed by atoms with Crippen molar-refractivity contribution in [1.29, 1.82) is 0 Å². The maximum atomic E-state index is 12.3. The molecule has 3 rings (SSSR count). The van der Waals surface area contributed by atoms with Crippen LogP contribution in [0, 0.1) is 5.92 Å². The third-order valence-electron chi connectivity index (χ3n) is 4.02. The van der Waals surface area contributed by atoms with Crippen LogP contribution in [0.2, 0.25) is 5.02 Å². The van der Waals surface area contributed by atoms with Gasteiger partial charge in [0.05, 0.1) is 28.8 Å². The molecule has 0 saturated carbocycles. The van der Waals surface area contributed by atoms with E-state index in [9.17, 15) is 8.42 Å². The maximum absolute atomic E-state index is 12.3. The predicted molar refractivity (Wildman–Crippen MR) is 101 cm³/mol. The summed E-state index contributed by atoms with van der Waals surface area (Å²) in [5.41, 5.74) is 1.19. The second-order valence-electron chi connectivity index (χ2n) is 6.22. The minimum absolute atomic E-state index is 0.0256. The summed E-state index contributed by atoms with van der Waals surface area (Å²) in [5.74, 6) is 0.543. The molecule has 1 aromatic carbocycles. The number of anilines is 1. The zero-order chi connectivity index (χ0) is 18.4. The highest BCUT2D eigenvalue weighted by Crippen LogP contribution is 2.29. The van der Waals surface area contributed by atoms with E-state index in [0.29, 0.717) is 29.7 Å². The molecule has 0 spiro atoms. The van der Waals surface area contributed by atoms with Gasteiger partial charge in [-0.15, -0.1) is 0 Å². The average Bonchev–Trinajstić information content (AvgIpc) is 2.62. The van der Waals surface area contributed by atoms with Gasteiger partial charge in [-0.3, -0.25) is 9.71 Å². The van der Waals surface area contributed by atoms with Crippen LogP contribution in [-0.2, 0) is 21.4 Å². The predicted octanol–water partition coefficient (Wildman–Crippen LogP) is 3.48. The van der Waals surface area contributed by atoms with Crippen molar-refractivity contribution in [3.63, 3.8) is 0 Å². The number of aromatic nitrogens is 1. The highest BCUT2D eigenvalue weighted by molar-refractivity contribution is 7.92. The van der Waals surface area contributed by atoms with Crippen LogP contribution < -0.4 is 9.46 Å². The van der Waals surface area contributed by atoms with Crippen molar-refractivity contribution in [2.75, 3.05) is 23.7 Å². The number of halogens is 1. The van der Waals surface area contributed by atoms with Gasteiger partial charge < -0.3 is 9.47 Å². The molecule has 0 amide bonds. The standard InChI is InChI=1S/C18H21ClN2O4S/c19-17-10-15(21-26(22,23)13-14-4-3-9-24-11-14)6-7-18(17)25-12-16-5-1-2-8-20-16/h1-2,5-8,10,14,21H,3-4,9,11-13H2/t14-/m1/s1. The number of pyridine rings is 1. The quantitative estimate of drug-likeness (QED) is 0.775. The zero-order valence-electron chi connectivity index (χ0n) is 14.2. The Morgan fingerprint density at radius 1 is 1.31 bits per heavy atom. The van der Waals surface area contributed by atoms with Crippen molar-refractivity contribution < 1.29 is 17.9 Å². The number of hydrogen-bond donors (Lipinski definition) is 1. The highest BCUT2D eigenvalue weighted by atomic mass is 35.5. The van der Waals surface area contributed by atoms with E-state index in [4.69, 9.17) is 21.1 Å². The molecule has 26 heavy (non-hydrogen) atoms. The molecule has 1 saturated heterocycles. The first kappa shape index (κ1) is 18.9. The fraction of sp³-hybridized carbons (Fsp3) is 0.389. The van der Waals surface area contributed by atoms with E-state index in [2.05, 4.69) is 9.71 Å². The first-order valence-electron chi connectivity index (χ1n) is 8.42. The second-order valence-corrected chi connectivity index (χ2v) is 8.40. The molecule has 1 N–H and O–H groups in total. The third kappa shape index (κ3) is 5.59. The summed E-state index contributed by atoms with van der Waals surface area (Å²) in [4.78, 5) is 4.17. The van der Waals surface area contributed by atoms with Crippen molar-refractivity contribution in [1.82, 2.24) is 4.98 Å². The van der Waals surface area contributed by atoms with Crippen molar-refractivity contribution >= 4 is 27.3 Å². The summed E-state index contributed by atoms with van der Waals surface area (Å²) < 4.78 is 38.2. The van der Waals surface area contributed by atoms with Gasteiger partial charge in [0.1, 0.15) is 12.4 Å². The van der Waals surface area contributed by atoms with Gasteiger partial charge in [0.2, 0.25) is 10.0 Å². The number of hydrogen-bond acceptors (Lipinski definition) is 5. The molecule has 1 fully saturated rings. The van der Waals surface area contributed by atoms with Gasteiger partial charge >= 0.3 is 0 Å². The summed E-state index contributed by atoms with van der Waals surface area (Å²) >= 11 is 6.22. The number of nitrogens with one attached hydrogen (secondary N) is 1. The smallest absolute Gasteiger partial charge is 0.233 e. The molecule has 0 aliphatic carbocycles. The molecule has 2 heterocycles. The van der Waals surface area contributed by atoms with Crippen molar-refractivity contribution in [3.05, 3.63) is 53.3 Å². The molecule has 140 valence electrons. The molecule has 0 unspecified atom stereocenters. The van der Waals surface area contributed by atoms with Gasteiger partial charge in [0.25, 0.3) is 0 Å². The number of benzene rings is 1. The van der Waals surface area contributed by atoms with Crippen LogP contribution >= 0.6 is 11.6 Å². The highest BCUT2D eigenvalue weighted by Gasteiger charge is 2.22. The fourth-order valence-electron chi connectivity index (χ4n) is 2.79. The molecule has 0 radical (unpaired) electrons. The Kier molecular flexibility index (Phi) is 6.34. The monoisotopic (exact) mass is 396 g/mol. The summed E-state index contributed by atoms with van der Waals surface area (Å²) in [6.07, 6.45) is 3.45. The summed E-state index contributed by atoms with van der Waals surface area (Å²) in [6.45, 7) is 1.48. The van der Waals surface area contributed by atoms with Crippen LogP contribution in [0.4, 0.5) is 5.69 Å². The summed E-state index contributed by atoms with van der Waals surface area (Å²) in [6, 6.07) is 10.4. The van der Waals surface area contributed by atoms with Crippen molar-refractivity contribution in [3.8, 4) is 5.75 Å². The molecular weight excluding hydrogens is 376 g/mol. The van der Waals surface area contributed by atoms with E-state index >= 15 is 0 Å². The van der Waals surface area contributed by atoms with Gasteiger partial charge in [-0.2, -0.15) is 0 Å². The van der Waals surface area contributed by atoms with E-state index in [1.807, 2.05) is 18.2 Å².